The first-order valence-electron chi connectivity index (χ1n) is 12.2. The van der Waals surface area contributed by atoms with Crippen LogP contribution in [0.5, 0.6) is 5.75 Å². The lowest BCUT2D eigenvalue weighted by Crippen LogP contribution is -2.56. The molecule has 0 radical (unpaired) electrons. The van der Waals surface area contributed by atoms with Gasteiger partial charge in [0, 0.05) is 51.1 Å². The molecule has 1 aromatic rings. The summed E-state index contributed by atoms with van der Waals surface area (Å²) in [5.41, 5.74) is 0.436. The highest BCUT2D eigenvalue weighted by molar-refractivity contribution is 14.1. The molecular weight excluding hydrogens is 565 g/mol. The summed E-state index contributed by atoms with van der Waals surface area (Å²) in [5.74, 6) is 0.224. The highest BCUT2D eigenvalue weighted by atomic mass is 127. The second-order valence-electron chi connectivity index (χ2n) is 8.74. The van der Waals surface area contributed by atoms with Gasteiger partial charge in [0.2, 0.25) is 11.8 Å². The number of carbonyl (C=O) groups excluding carboxylic acids is 2. The molecule has 3 rings (SSSR count). The Hall–Kier alpha value is -1.73. The van der Waals surface area contributed by atoms with Crippen molar-refractivity contribution in [3.8, 4) is 5.75 Å². The van der Waals surface area contributed by atoms with Crippen molar-refractivity contribution < 1.29 is 29.3 Å². The summed E-state index contributed by atoms with van der Waals surface area (Å²) in [7, 11) is 0. The SMILES string of the molecule is CCCC(=O)N(CCN1CCOCC1)[C@@H]1CC(C(=O)NCCO)=C[C@H](Oc2ccccc2I)[C@H]1O. The third kappa shape index (κ3) is 7.88. The Morgan fingerprint density at radius 2 is 2.03 bits per heavy atom. The Balaban J connectivity index is 1.86. The molecule has 1 fully saturated rings. The highest BCUT2D eigenvalue weighted by Crippen LogP contribution is 2.30. The molecule has 1 aromatic carbocycles. The lowest BCUT2D eigenvalue weighted by Gasteiger charge is -2.41. The number of hydrogen-bond donors (Lipinski definition) is 3. The van der Waals surface area contributed by atoms with Gasteiger partial charge in [0.25, 0.3) is 0 Å². The maximum Gasteiger partial charge on any atom is 0.247 e. The number of aliphatic hydroxyl groups is 2. The van der Waals surface area contributed by atoms with Crippen molar-refractivity contribution in [2.75, 3.05) is 52.5 Å². The smallest absolute Gasteiger partial charge is 0.247 e. The van der Waals surface area contributed by atoms with E-state index in [9.17, 15) is 14.7 Å². The predicted octanol–water partition coefficient (Wildman–Crippen LogP) is 1.17. The molecule has 1 saturated heterocycles. The van der Waals surface area contributed by atoms with Gasteiger partial charge in [0.1, 0.15) is 18.0 Å². The average Bonchev–Trinajstić information content (AvgIpc) is 2.86. The maximum atomic E-state index is 13.2. The Bertz CT molecular complexity index is 877. The molecule has 1 aliphatic carbocycles. The maximum absolute atomic E-state index is 13.2. The molecule has 3 N–H and O–H groups in total. The fourth-order valence-corrected chi connectivity index (χ4v) is 4.89. The molecule has 3 atom stereocenters. The normalized spacial score (nSPS) is 22.9. The van der Waals surface area contributed by atoms with Crippen LogP contribution < -0.4 is 10.1 Å². The van der Waals surface area contributed by atoms with E-state index in [0.717, 1.165) is 16.7 Å². The van der Waals surface area contributed by atoms with E-state index in [2.05, 4.69) is 32.8 Å². The fraction of sp³-hybridized carbons (Fsp3) is 0.600. The average molecular weight is 601 g/mol. The number of benzene rings is 1. The first-order valence-corrected chi connectivity index (χ1v) is 13.3. The van der Waals surface area contributed by atoms with Gasteiger partial charge in [-0.05, 0) is 47.2 Å². The second-order valence-corrected chi connectivity index (χ2v) is 9.90. The summed E-state index contributed by atoms with van der Waals surface area (Å²) in [5, 5.41) is 23.2. The number of ether oxygens (including phenoxy) is 2. The molecule has 1 heterocycles. The van der Waals surface area contributed by atoms with Crippen molar-refractivity contribution >= 4 is 34.4 Å². The number of nitrogens with one attached hydrogen (secondary N) is 1. The molecule has 2 aliphatic rings. The van der Waals surface area contributed by atoms with Gasteiger partial charge in [-0.2, -0.15) is 0 Å². The molecule has 0 spiro atoms. The lowest BCUT2D eigenvalue weighted by molar-refractivity contribution is -0.139. The summed E-state index contributed by atoms with van der Waals surface area (Å²) in [6, 6.07) is 6.86. The predicted molar refractivity (Wildman–Crippen MR) is 140 cm³/mol. The number of hydrogen-bond acceptors (Lipinski definition) is 7. The number of amides is 2. The van der Waals surface area contributed by atoms with Crippen LogP contribution in [0.15, 0.2) is 35.9 Å². The van der Waals surface area contributed by atoms with Crippen molar-refractivity contribution in [1.82, 2.24) is 15.1 Å². The first kappa shape index (κ1) is 27.9. The summed E-state index contributed by atoms with van der Waals surface area (Å²) in [6.07, 6.45) is 1.09. The highest BCUT2D eigenvalue weighted by Gasteiger charge is 2.40. The van der Waals surface area contributed by atoms with Crippen LogP contribution >= 0.6 is 22.6 Å². The lowest BCUT2D eigenvalue weighted by atomic mass is 9.88. The number of halogens is 1. The van der Waals surface area contributed by atoms with Gasteiger partial charge in [0.05, 0.1) is 29.4 Å². The fourth-order valence-electron chi connectivity index (χ4n) is 4.37. The minimum atomic E-state index is -1.01. The van der Waals surface area contributed by atoms with E-state index < -0.39 is 18.2 Å². The Kier molecular flexibility index (Phi) is 11.2. The van der Waals surface area contributed by atoms with Gasteiger partial charge in [0.15, 0.2) is 0 Å². The Morgan fingerprint density at radius 1 is 1.29 bits per heavy atom. The van der Waals surface area contributed by atoms with Crippen LogP contribution in [-0.2, 0) is 14.3 Å². The van der Waals surface area contributed by atoms with Crippen molar-refractivity contribution in [2.24, 2.45) is 0 Å². The minimum Gasteiger partial charge on any atom is -0.482 e. The largest absolute Gasteiger partial charge is 0.482 e. The van der Waals surface area contributed by atoms with Crippen molar-refractivity contribution in [1.29, 1.82) is 0 Å². The van der Waals surface area contributed by atoms with E-state index in [1.165, 1.54) is 0 Å². The van der Waals surface area contributed by atoms with Gasteiger partial charge >= 0.3 is 0 Å². The molecule has 2 amide bonds. The molecule has 9 nitrogen and oxygen atoms in total. The molecule has 194 valence electrons. The van der Waals surface area contributed by atoms with Gasteiger partial charge in [-0.25, -0.2) is 0 Å². The molecule has 0 bridgehead atoms. The van der Waals surface area contributed by atoms with E-state index in [4.69, 9.17) is 14.6 Å². The van der Waals surface area contributed by atoms with Crippen LogP contribution in [0.1, 0.15) is 26.2 Å². The molecule has 0 unspecified atom stereocenters. The van der Waals surface area contributed by atoms with Crippen molar-refractivity contribution in [3.63, 3.8) is 0 Å². The molecule has 0 saturated carbocycles. The van der Waals surface area contributed by atoms with E-state index in [1.807, 2.05) is 31.2 Å². The van der Waals surface area contributed by atoms with Gasteiger partial charge < -0.3 is 29.9 Å². The third-order valence-electron chi connectivity index (χ3n) is 6.26. The summed E-state index contributed by atoms with van der Waals surface area (Å²) >= 11 is 2.16. The quantitative estimate of drug-likeness (QED) is 0.327. The Labute approximate surface area is 220 Å². The molecule has 35 heavy (non-hydrogen) atoms. The first-order chi connectivity index (χ1) is 16.9. The molecular formula is C25H36IN3O6. The number of para-hydroxylation sites is 1. The van der Waals surface area contributed by atoms with Crippen molar-refractivity contribution in [2.45, 2.75) is 44.4 Å². The number of morpholine rings is 1. The van der Waals surface area contributed by atoms with Crippen molar-refractivity contribution in [3.05, 3.63) is 39.5 Å². The van der Waals surface area contributed by atoms with Crippen LogP contribution in [0.4, 0.5) is 0 Å². The number of aliphatic hydroxyl groups excluding tert-OH is 2. The molecule has 10 heteroatoms. The van der Waals surface area contributed by atoms with Crippen LogP contribution in [0.25, 0.3) is 0 Å². The second kappa shape index (κ2) is 14.1. The topological polar surface area (TPSA) is 112 Å². The third-order valence-corrected chi connectivity index (χ3v) is 7.15. The van der Waals surface area contributed by atoms with Gasteiger partial charge in [-0.3, -0.25) is 14.5 Å². The minimum absolute atomic E-state index is 0.0464. The van der Waals surface area contributed by atoms with E-state index in [0.29, 0.717) is 50.5 Å². The van der Waals surface area contributed by atoms with Crippen LogP contribution in [0, 0.1) is 3.57 Å². The summed E-state index contributed by atoms with van der Waals surface area (Å²) < 4.78 is 12.5. The standard InChI is InChI=1S/C25H36IN3O6/c1-2-5-23(31)29(10-9-28-11-14-34-15-12-28)20-16-18(25(33)27-8-13-30)17-22(24(20)32)35-21-7-4-3-6-19(21)26/h3-4,6-7,17,20,22,24,30,32H,2,5,8-16H2,1H3,(H,27,33)/t20-,22+,24+/m1/s1. The molecule has 1 aliphatic heterocycles. The van der Waals surface area contributed by atoms with E-state index in [1.54, 1.807) is 11.0 Å². The Morgan fingerprint density at radius 3 is 2.71 bits per heavy atom. The van der Waals surface area contributed by atoms with Gasteiger partial charge in [-0.15, -0.1) is 0 Å². The van der Waals surface area contributed by atoms with E-state index in [-0.39, 0.29) is 31.4 Å². The number of rotatable bonds is 11. The van der Waals surface area contributed by atoms with Gasteiger partial charge in [-0.1, -0.05) is 19.1 Å². The number of carbonyl (C=O) groups is 2. The van der Waals surface area contributed by atoms with Crippen LogP contribution in [-0.4, -0.2) is 103 Å². The zero-order valence-corrected chi connectivity index (χ0v) is 22.4. The summed E-state index contributed by atoms with van der Waals surface area (Å²) in [6.45, 7) is 5.95. The van der Waals surface area contributed by atoms with Crippen LogP contribution in [0.3, 0.4) is 0 Å². The zero-order chi connectivity index (χ0) is 25.2. The zero-order valence-electron chi connectivity index (χ0n) is 20.2. The monoisotopic (exact) mass is 601 g/mol. The molecule has 0 aromatic heterocycles. The van der Waals surface area contributed by atoms with E-state index >= 15 is 0 Å². The summed E-state index contributed by atoms with van der Waals surface area (Å²) in [4.78, 5) is 30.0. The number of nitrogens with zero attached hydrogens (tertiary/aromatic N) is 2. The van der Waals surface area contributed by atoms with Crippen LogP contribution in [0.2, 0.25) is 0 Å².